The molecule has 2 rings (SSSR count). The van der Waals surface area contributed by atoms with Gasteiger partial charge in [-0.15, -0.1) is 0 Å². The third kappa shape index (κ3) is 2.88. The van der Waals surface area contributed by atoms with E-state index in [1.165, 1.54) is 12.1 Å². The van der Waals surface area contributed by atoms with Crippen LogP contribution in [0.3, 0.4) is 0 Å². The number of aryl methyl sites for hydroxylation is 1. The number of carboxylic acids is 1. The first kappa shape index (κ1) is 13.0. The van der Waals surface area contributed by atoms with Crippen molar-refractivity contribution in [2.45, 2.75) is 11.9 Å². The molecule has 19 heavy (non-hydrogen) atoms. The minimum atomic E-state index is -3.88. The van der Waals surface area contributed by atoms with Gasteiger partial charge in [0.05, 0.1) is 5.56 Å². The summed E-state index contributed by atoms with van der Waals surface area (Å²) in [4.78, 5) is 14.2. The Labute approximate surface area is 108 Å². The molecule has 2 heterocycles. The van der Waals surface area contributed by atoms with Crippen LogP contribution in [0.4, 0.5) is 5.82 Å². The quantitative estimate of drug-likeness (QED) is 0.754. The molecule has 0 aromatic carbocycles. The Morgan fingerprint density at radius 1 is 1.42 bits per heavy atom. The smallest absolute Gasteiger partial charge is 0.337 e. The molecule has 0 unspecified atom stereocenters. The number of carboxylic acid groups (broad SMARTS) is 1. The SMILES string of the molecule is Cc1cc(NS(=O)(=O)c2ccc(C(=O)O)cn2)n[nH]1. The van der Waals surface area contributed by atoms with E-state index in [-0.39, 0.29) is 16.4 Å². The van der Waals surface area contributed by atoms with Gasteiger partial charge in [0.25, 0.3) is 10.0 Å². The van der Waals surface area contributed by atoms with Crippen molar-refractivity contribution in [2.24, 2.45) is 0 Å². The van der Waals surface area contributed by atoms with Gasteiger partial charge in [-0.25, -0.2) is 9.78 Å². The highest BCUT2D eigenvalue weighted by Gasteiger charge is 2.17. The largest absolute Gasteiger partial charge is 0.478 e. The summed E-state index contributed by atoms with van der Waals surface area (Å²) in [5.74, 6) is -1.03. The van der Waals surface area contributed by atoms with Crippen molar-refractivity contribution in [2.75, 3.05) is 4.72 Å². The Morgan fingerprint density at radius 2 is 2.16 bits per heavy atom. The van der Waals surface area contributed by atoms with Crippen LogP contribution in [0.15, 0.2) is 29.4 Å². The maximum atomic E-state index is 11.9. The lowest BCUT2D eigenvalue weighted by Gasteiger charge is -2.04. The molecule has 3 N–H and O–H groups in total. The first-order chi connectivity index (χ1) is 8.88. The minimum Gasteiger partial charge on any atom is -0.478 e. The van der Waals surface area contributed by atoms with Crippen molar-refractivity contribution in [3.63, 3.8) is 0 Å². The molecule has 0 aliphatic heterocycles. The maximum absolute atomic E-state index is 11.9. The van der Waals surface area contributed by atoms with Crippen LogP contribution in [0.1, 0.15) is 16.1 Å². The fourth-order valence-corrected chi connectivity index (χ4v) is 2.25. The molecule has 9 heteroatoms. The van der Waals surface area contributed by atoms with Crippen LogP contribution < -0.4 is 4.72 Å². The molecule has 0 bridgehead atoms. The molecule has 0 saturated heterocycles. The van der Waals surface area contributed by atoms with E-state index in [1.54, 1.807) is 6.92 Å². The van der Waals surface area contributed by atoms with Gasteiger partial charge < -0.3 is 5.11 Å². The number of nitrogens with one attached hydrogen (secondary N) is 2. The van der Waals surface area contributed by atoms with Gasteiger partial charge >= 0.3 is 5.97 Å². The average Bonchev–Trinajstić information content (AvgIpc) is 2.74. The van der Waals surface area contributed by atoms with E-state index in [2.05, 4.69) is 19.9 Å². The molecular weight excluding hydrogens is 272 g/mol. The number of aromatic nitrogens is 3. The van der Waals surface area contributed by atoms with Gasteiger partial charge in [-0.1, -0.05) is 0 Å². The molecule has 0 radical (unpaired) electrons. The lowest BCUT2D eigenvalue weighted by atomic mass is 10.3. The number of pyridine rings is 1. The van der Waals surface area contributed by atoms with Crippen LogP contribution in [0, 0.1) is 6.92 Å². The van der Waals surface area contributed by atoms with E-state index in [4.69, 9.17) is 5.11 Å². The van der Waals surface area contributed by atoms with E-state index >= 15 is 0 Å². The number of carbonyl (C=O) groups is 1. The second-order valence-corrected chi connectivity index (χ2v) is 5.36. The Morgan fingerprint density at radius 3 is 2.63 bits per heavy atom. The third-order valence-corrected chi connectivity index (χ3v) is 3.47. The molecule has 0 amide bonds. The van der Waals surface area contributed by atoms with Crippen molar-refractivity contribution in [1.82, 2.24) is 15.2 Å². The van der Waals surface area contributed by atoms with Crippen molar-refractivity contribution in [3.05, 3.63) is 35.7 Å². The monoisotopic (exact) mass is 282 g/mol. The summed E-state index contributed by atoms with van der Waals surface area (Å²) in [6, 6.07) is 3.80. The Balaban J connectivity index is 2.26. The van der Waals surface area contributed by atoms with E-state index in [0.717, 1.165) is 12.3 Å². The normalized spacial score (nSPS) is 11.2. The van der Waals surface area contributed by atoms with E-state index in [1.807, 2.05) is 0 Å². The number of sulfonamides is 1. The summed E-state index contributed by atoms with van der Waals surface area (Å²) >= 11 is 0. The van der Waals surface area contributed by atoms with E-state index in [9.17, 15) is 13.2 Å². The average molecular weight is 282 g/mol. The van der Waals surface area contributed by atoms with Crippen LogP contribution in [0.2, 0.25) is 0 Å². The lowest BCUT2D eigenvalue weighted by molar-refractivity contribution is 0.0696. The van der Waals surface area contributed by atoms with Crippen molar-refractivity contribution in [1.29, 1.82) is 0 Å². The first-order valence-electron chi connectivity index (χ1n) is 5.13. The molecule has 2 aromatic heterocycles. The highest BCUT2D eigenvalue weighted by Crippen LogP contribution is 2.13. The van der Waals surface area contributed by atoms with Crippen LogP contribution in [0.25, 0.3) is 0 Å². The van der Waals surface area contributed by atoms with E-state index in [0.29, 0.717) is 5.69 Å². The summed E-state index contributed by atoms with van der Waals surface area (Å²) in [6.07, 6.45) is 0.979. The topological polar surface area (TPSA) is 125 Å². The van der Waals surface area contributed by atoms with Crippen molar-refractivity contribution >= 4 is 21.8 Å². The number of hydrogen-bond acceptors (Lipinski definition) is 5. The number of H-pyrrole nitrogens is 1. The fraction of sp³-hybridized carbons (Fsp3) is 0.100. The molecule has 0 spiro atoms. The zero-order chi connectivity index (χ0) is 14.0. The summed E-state index contributed by atoms with van der Waals surface area (Å²) in [5, 5.41) is 14.7. The second kappa shape index (κ2) is 4.69. The Bertz CT molecular complexity index is 705. The summed E-state index contributed by atoms with van der Waals surface area (Å²) in [5.41, 5.74) is 0.612. The first-order valence-corrected chi connectivity index (χ1v) is 6.61. The Hall–Kier alpha value is -2.42. The molecule has 0 saturated carbocycles. The van der Waals surface area contributed by atoms with E-state index < -0.39 is 16.0 Å². The molecular formula is C10H10N4O4S. The number of aromatic carboxylic acids is 1. The third-order valence-electron chi connectivity index (χ3n) is 2.20. The number of aromatic amines is 1. The van der Waals surface area contributed by atoms with Crippen LogP contribution in [0.5, 0.6) is 0 Å². The molecule has 0 aliphatic carbocycles. The minimum absolute atomic E-state index is 0.0884. The predicted molar refractivity (Wildman–Crippen MR) is 65.3 cm³/mol. The zero-order valence-electron chi connectivity index (χ0n) is 9.78. The van der Waals surface area contributed by atoms with Gasteiger partial charge in [0.2, 0.25) is 0 Å². The van der Waals surface area contributed by atoms with Gasteiger partial charge in [0.1, 0.15) is 0 Å². The lowest BCUT2D eigenvalue weighted by Crippen LogP contribution is -2.15. The zero-order valence-corrected chi connectivity index (χ0v) is 10.6. The molecule has 0 aliphatic rings. The number of hydrogen-bond donors (Lipinski definition) is 3. The summed E-state index contributed by atoms with van der Waals surface area (Å²) < 4.78 is 26.1. The van der Waals surface area contributed by atoms with Crippen LogP contribution in [-0.4, -0.2) is 34.7 Å². The maximum Gasteiger partial charge on any atom is 0.337 e. The fourth-order valence-electron chi connectivity index (χ4n) is 1.33. The van der Waals surface area contributed by atoms with Gasteiger partial charge in [-0.05, 0) is 19.1 Å². The molecule has 0 atom stereocenters. The molecule has 100 valence electrons. The van der Waals surface area contributed by atoms with Gasteiger partial charge in [0.15, 0.2) is 10.8 Å². The van der Waals surface area contributed by atoms with Gasteiger partial charge in [-0.2, -0.15) is 13.5 Å². The number of anilines is 1. The highest BCUT2D eigenvalue weighted by molar-refractivity contribution is 7.92. The van der Waals surface area contributed by atoms with Crippen molar-refractivity contribution in [3.8, 4) is 0 Å². The summed E-state index contributed by atoms with van der Waals surface area (Å²) in [7, 11) is -3.88. The van der Waals surface area contributed by atoms with Gasteiger partial charge in [-0.3, -0.25) is 9.82 Å². The predicted octanol–water partition coefficient (Wildman–Crippen LogP) is 0.612. The standard InChI is InChI=1S/C10H10N4O4S/c1-6-4-8(13-12-6)14-19(17,18)9-3-2-7(5-11-9)10(15)16/h2-5H,1H3,(H,15,16)(H2,12,13,14). The molecule has 2 aromatic rings. The number of nitrogens with zero attached hydrogens (tertiary/aromatic N) is 2. The number of rotatable bonds is 4. The summed E-state index contributed by atoms with van der Waals surface area (Å²) in [6.45, 7) is 1.73. The van der Waals surface area contributed by atoms with Crippen LogP contribution in [-0.2, 0) is 10.0 Å². The Kier molecular flexibility index (Phi) is 3.21. The highest BCUT2D eigenvalue weighted by atomic mass is 32.2. The van der Waals surface area contributed by atoms with Gasteiger partial charge in [0, 0.05) is 18.0 Å². The molecule has 8 nitrogen and oxygen atoms in total. The molecule has 0 fully saturated rings. The van der Waals surface area contributed by atoms with Crippen LogP contribution >= 0.6 is 0 Å². The van der Waals surface area contributed by atoms with Crippen molar-refractivity contribution < 1.29 is 18.3 Å². The second-order valence-electron chi connectivity index (χ2n) is 3.73.